The molecule has 0 amide bonds. The first-order valence-electron chi connectivity index (χ1n) is 4.00. The van der Waals surface area contributed by atoms with Gasteiger partial charge in [0.2, 0.25) is 0 Å². The molecule has 0 atom stereocenters. The van der Waals surface area contributed by atoms with Gasteiger partial charge in [-0.25, -0.2) is 0 Å². The fraction of sp³-hybridized carbons (Fsp3) is 1.00. The van der Waals surface area contributed by atoms with Gasteiger partial charge >= 0.3 is 0 Å². The Hall–Kier alpha value is 1.40. The lowest BCUT2D eigenvalue weighted by Gasteiger charge is -2.27. The van der Waals surface area contributed by atoms with Crippen LogP contribution in [0.15, 0.2) is 0 Å². The summed E-state index contributed by atoms with van der Waals surface area (Å²) >= 11 is 10.5. The van der Waals surface area contributed by atoms with Crippen LogP contribution in [0.3, 0.4) is 0 Å². The minimum Gasteiger partial charge on any atom is -0.381 e. The van der Waals surface area contributed by atoms with E-state index in [9.17, 15) is 0 Å². The summed E-state index contributed by atoms with van der Waals surface area (Å²) in [6.45, 7) is 3.79. The van der Waals surface area contributed by atoms with Crippen molar-refractivity contribution in [2.75, 3.05) is 29.2 Å². The molecule has 0 aliphatic rings. The van der Waals surface area contributed by atoms with Gasteiger partial charge in [-0.1, -0.05) is 54.7 Å². The molecule has 0 saturated heterocycles. The minimum absolute atomic E-state index is 0.204. The number of ether oxygens (including phenoxy) is 1. The zero-order valence-electron chi connectivity index (χ0n) is 7.28. The Morgan fingerprint density at radius 2 is 1.58 bits per heavy atom. The zero-order chi connectivity index (χ0) is 9.45. The molecule has 0 fully saturated rings. The second kappa shape index (κ2) is 7.77. The van der Waals surface area contributed by atoms with E-state index in [4.69, 9.17) is 4.74 Å². The van der Waals surface area contributed by atoms with Crippen molar-refractivity contribution in [2.24, 2.45) is 5.41 Å². The summed E-state index contributed by atoms with van der Waals surface area (Å²) < 4.78 is 5.53. The highest BCUT2D eigenvalue weighted by Gasteiger charge is 2.26. The largest absolute Gasteiger partial charge is 0.381 e. The van der Waals surface area contributed by atoms with Crippen LogP contribution in [-0.2, 0) is 4.74 Å². The zero-order valence-corrected chi connectivity index (χ0v) is 12.0. The second-order valence-corrected chi connectivity index (χ2v) is 4.64. The topological polar surface area (TPSA) is 9.23 Å². The summed E-state index contributed by atoms with van der Waals surface area (Å²) in [5, 5.41) is 2.88. The van der Waals surface area contributed by atoms with Crippen molar-refractivity contribution in [2.45, 2.75) is 13.3 Å². The van der Waals surface area contributed by atoms with Crippen molar-refractivity contribution >= 4 is 47.8 Å². The maximum Gasteiger partial charge on any atom is 0.0546 e. The molecule has 74 valence electrons. The molecule has 0 rings (SSSR count). The van der Waals surface area contributed by atoms with Crippen molar-refractivity contribution in [3.05, 3.63) is 0 Å². The van der Waals surface area contributed by atoms with Crippen LogP contribution in [0.5, 0.6) is 0 Å². The van der Waals surface area contributed by atoms with Crippen LogP contribution in [0.25, 0.3) is 0 Å². The molecule has 0 radical (unpaired) electrons. The molecule has 0 bridgehead atoms. The smallest absolute Gasteiger partial charge is 0.0546 e. The van der Waals surface area contributed by atoms with Crippen LogP contribution in [0.4, 0.5) is 0 Å². The molecule has 1 nitrogen and oxygen atoms in total. The van der Waals surface area contributed by atoms with Gasteiger partial charge in [0.1, 0.15) is 0 Å². The summed E-state index contributed by atoms with van der Waals surface area (Å²) in [6, 6.07) is 0. The van der Waals surface area contributed by atoms with Crippen LogP contribution in [0.2, 0.25) is 0 Å². The fourth-order valence-electron chi connectivity index (χ4n) is 0.656. The second-order valence-electron chi connectivity index (χ2n) is 2.95. The monoisotopic (exact) mass is 364 g/mol. The molecule has 0 spiro atoms. The highest BCUT2D eigenvalue weighted by Crippen LogP contribution is 2.26. The Bertz CT molecular complexity index is 96.2. The van der Waals surface area contributed by atoms with Gasteiger partial charge in [-0.3, -0.25) is 0 Å². The van der Waals surface area contributed by atoms with Gasteiger partial charge in [-0.2, -0.15) is 0 Å². The normalized spacial score (nSPS) is 12.0. The van der Waals surface area contributed by atoms with E-state index in [1.54, 1.807) is 0 Å². The molecular formula is C8H15Br3O. The Labute approximate surface area is 100 Å². The van der Waals surface area contributed by atoms with E-state index in [1.807, 2.05) is 0 Å². The van der Waals surface area contributed by atoms with Crippen molar-refractivity contribution in [3.63, 3.8) is 0 Å². The van der Waals surface area contributed by atoms with E-state index < -0.39 is 0 Å². The first-order valence-corrected chi connectivity index (χ1v) is 7.36. The maximum absolute atomic E-state index is 5.53. The predicted octanol–water partition coefficient (Wildman–Crippen LogP) is 3.58. The quantitative estimate of drug-likeness (QED) is 0.494. The minimum atomic E-state index is 0.204. The van der Waals surface area contributed by atoms with Crippen LogP contribution in [0.1, 0.15) is 13.3 Å². The highest BCUT2D eigenvalue weighted by atomic mass is 79.9. The van der Waals surface area contributed by atoms with Crippen LogP contribution in [0, 0.1) is 5.41 Å². The first-order chi connectivity index (χ1) is 5.74. The molecule has 4 heteroatoms. The highest BCUT2D eigenvalue weighted by molar-refractivity contribution is 9.10. The summed E-state index contributed by atoms with van der Waals surface area (Å²) in [5.74, 6) is 0. The van der Waals surface area contributed by atoms with Gasteiger partial charge in [0.05, 0.1) is 6.61 Å². The SMILES string of the molecule is CCCOCC(CBr)(CBr)CBr. The molecule has 0 unspecified atom stereocenters. The molecular weight excluding hydrogens is 352 g/mol. The molecule has 0 aromatic heterocycles. The van der Waals surface area contributed by atoms with Gasteiger partial charge in [-0.05, 0) is 6.42 Å². The van der Waals surface area contributed by atoms with E-state index in [0.29, 0.717) is 0 Å². The first kappa shape index (κ1) is 13.4. The number of alkyl halides is 3. The number of rotatable bonds is 7. The van der Waals surface area contributed by atoms with Crippen LogP contribution >= 0.6 is 47.8 Å². The molecule has 0 aromatic rings. The third-order valence-corrected chi connectivity index (χ3v) is 5.18. The van der Waals surface area contributed by atoms with Gasteiger partial charge in [0.25, 0.3) is 0 Å². The Morgan fingerprint density at radius 1 is 1.08 bits per heavy atom. The Balaban J connectivity index is 3.76. The molecule has 0 heterocycles. The van der Waals surface area contributed by atoms with E-state index in [1.165, 1.54) is 0 Å². The molecule has 0 aromatic carbocycles. The van der Waals surface area contributed by atoms with E-state index in [0.717, 1.165) is 35.6 Å². The van der Waals surface area contributed by atoms with Gasteiger partial charge in [0, 0.05) is 28.0 Å². The van der Waals surface area contributed by atoms with Crippen molar-refractivity contribution in [1.82, 2.24) is 0 Å². The lowest BCUT2D eigenvalue weighted by atomic mass is 9.98. The number of halogens is 3. The Kier molecular flexibility index (Phi) is 8.68. The standard InChI is InChI=1S/C8H15Br3O/c1-2-3-12-7-8(4-9,5-10)6-11/h2-7H2,1H3. The third kappa shape index (κ3) is 4.58. The van der Waals surface area contributed by atoms with Crippen molar-refractivity contribution in [1.29, 1.82) is 0 Å². The van der Waals surface area contributed by atoms with Gasteiger partial charge in [0.15, 0.2) is 0 Å². The van der Waals surface area contributed by atoms with E-state index in [-0.39, 0.29) is 5.41 Å². The van der Waals surface area contributed by atoms with Crippen molar-refractivity contribution < 1.29 is 4.74 Å². The molecule has 12 heavy (non-hydrogen) atoms. The van der Waals surface area contributed by atoms with Gasteiger partial charge in [-0.15, -0.1) is 0 Å². The molecule has 0 saturated carbocycles. The summed E-state index contributed by atoms with van der Waals surface area (Å²) in [7, 11) is 0. The Morgan fingerprint density at radius 3 is 1.92 bits per heavy atom. The molecule has 0 aliphatic heterocycles. The van der Waals surface area contributed by atoms with Crippen molar-refractivity contribution in [3.8, 4) is 0 Å². The third-order valence-electron chi connectivity index (χ3n) is 1.61. The number of hydrogen-bond acceptors (Lipinski definition) is 1. The average molecular weight is 367 g/mol. The molecule has 0 aliphatic carbocycles. The predicted molar refractivity (Wildman–Crippen MR) is 64.9 cm³/mol. The summed E-state index contributed by atoms with van der Waals surface area (Å²) in [6.07, 6.45) is 1.09. The van der Waals surface area contributed by atoms with Crippen LogP contribution in [-0.4, -0.2) is 29.2 Å². The molecule has 0 N–H and O–H groups in total. The number of hydrogen-bond donors (Lipinski definition) is 0. The lowest BCUT2D eigenvalue weighted by molar-refractivity contribution is 0.0796. The fourth-order valence-corrected chi connectivity index (χ4v) is 3.93. The summed E-state index contributed by atoms with van der Waals surface area (Å²) in [5.41, 5.74) is 0.204. The summed E-state index contributed by atoms with van der Waals surface area (Å²) in [4.78, 5) is 0. The van der Waals surface area contributed by atoms with E-state index in [2.05, 4.69) is 54.7 Å². The average Bonchev–Trinajstić information content (AvgIpc) is 2.14. The van der Waals surface area contributed by atoms with Gasteiger partial charge < -0.3 is 4.74 Å². The lowest BCUT2D eigenvalue weighted by Crippen LogP contribution is -2.32. The van der Waals surface area contributed by atoms with E-state index >= 15 is 0 Å². The maximum atomic E-state index is 5.53. The van der Waals surface area contributed by atoms with Crippen LogP contribution < -0.4 is 0 Å².